The lowest BCUT2D eigenvalue weighted by molar-refractivity contribution is -0.138. The molecule has 0 aliphatic rings. The molecule has 5 nitrogen and oxygen atoms in total. The van der Waals surface area contributed by atoms with Crippen molar-refractivity contribution in [3.8, 4) is 0 Å². The summed E-state index contributed by atoms with van der Waals surface area (Å²) in [6.45, 7) is 6.08. The fourth-order valence-electron chi connectivity index (χ4n) is 1.21. The molecule has 0 spiro atoms. The van der Waals surface area contributed by atoms with Crippen LogP contribution in [0.4, 0.5) is 4.79 Å². The molecule has 0 aliphatic heterocycles. The van der Waals surface area contributed by atoms with Gasteiger partial charge in [0.25, 0.3) is 0 Å². The van der Waals surface area contributed by atoms with Crippen LogP contribution in [0.5, 0.6) is 0 Å². The number of nitrogens with zero attached hydrogens (tertiary/aromatic N) is 1. The van der Waals surface area contributed by atoms with Gasteiger partial charge < -0.3 is 15.3 Å². The predicted octanol–water partition coefficient (Wildman–Crippen LogP) is 1.63. The van der Waals surface area contributed by atoms with Gasteiger partial charge in [0.05, 0.1) is 0 Å². The van der Waals surface area contributed by atoms with E-state index in [0.29, 0.717) is 11.8 Å². The fraction of sp³-hybridized carbons (Fsp3) is 0.818. The summed E-state index contributed by atoms with van der Waals surface area (Å²) in [4.78, 5) is 23.9. The van der Waals surface area contributed by atoms with Gasteiger partial charge in [0.2, 0.25) is 0 Å². The molecule has 0 rings (SSSR count). The van der Waals surface area contributed by atoms with Gasteiger partial charge in [-0.25, -0.2) is 4.79 Å². The van der Waals surface area contributed by atoms with Crippen molar-refractivity contribution in [3.05, 3.63) is 0 Å². The molecule has 0 radical (unpaired) electrons. The molecular weight excluding hydrogens is 240 g/mol. The zero-order chi connectivity index (χ0) is 13.4. The van der Waals surface area contributed by atoms with Gasteiger partial charge in [0.1, 0.15) is 6.54 Å². The highest BCUT2D eigenvalue weighted by Crippen LogP contribution is 2.06. The van der Waals surface area contributed by atoms with Crippen LogP contribution < -0.4 is 5.32 Å². The first kappa shape index (κ1) is 16.1. The highest BCUT2D eigenvalue weighted by atomic mass is 32.2. The molecule has 2 atom stereocenters. The number of nitrogens with one attached hydrogen (secondary N) is 1. The van der Waals surface area contributed by atoms with E-state index in [1.807, 2.05) is 27.0 Å². The Morgan fingerprint density at radius 2 is 2.00 bits per heavy atom. The number of carboxylic acids is 1. The Morgan fingerprint density at radius 1 is 1.41 bits per heavy atom. The Kier molecular flexibility index (Phi) is 7.78. The minimum atomic E-state index is -0.988. The smallest absolute Gasteiger partial charge is 0.323 e. The van der Waals surface area contributed by atoms with E-state index < -0.39 is 5.97 Å². The van der Waals surface area contributed by atoms with E-state index in [1.165, 1.54) is 4.90 Å². The molecule has 2 unspecified atom stereocenters. The third-order valence-corrected chi connectivity index (χ3v) is 3.60. The molecular formula is C11H22N2O3S. The topological polar surface area (TPSA) is 69.6 Å². The Hall–Kier alpha value is -0.910. The number of carbonyl (C=O) groups excluding carboxylic acids is 1. The Morgan fingerprint density at radius 3 is 2.41 bits per heavy atom. The highest BCUT2D eigenvalue weighted by molar-refractivity contribution is 7.99. The zero-order valence-electron chi connectivity index (χ0n) is 10.9. The summed E-state index contributed by atoms with van der Waals surface area (Å²) in [7, 11) is 0. The van der Waals surface area contributed by atoms with E-state index in [2.05, 4.69) is 5.32 Å². The van der Waals surface area contributed by atoms with Gasteiger partial charge in [0.15, 0.2) is 0 Å². The van der Waals surface area contributed by atoms with Gasteiger partial charge in [-0.3, -0.25) is 4.79 Å². The second-order valence-corrected chi connectivity index (χ2v) is 5.29. The van der Waals surface area contributed by atoms with Crippen LogP contribution in [-0.2, 0) is 4.79 Å². The second-order valence-electron chi connectivity index (χ2n) is 4.01. The first-order chi connectivity index (χ1) is 7.92. The summed E-state index contributed by atoms with van der Waals surface area (Å²) in [5.41, 5.74) is 0. The maximum atomic E-state index is 11.8. The van der Waals surface area contributed by atoms with Crippen molar-refractivity contribution in [2.45, 2.75) is 38.5 Å². The minimum Gasteiger partial charge on any atom is -0.480 e. The Labute approximate surface area is 107 Å². The molecule has 6 heteroatoms. The Bertz CT molecular complexity index is 261. The zero-order valence-corrected chi connectivity index (χ0v) is 11.7. The first-order valence-corrected chi connectivity index (χ1v) is 7.00. The number of rotatable bonds is 7. The summed E-state index contributed by atoms with van der Waals surface area (Å²) in [5.74, 6) is -0.988. The molecule has 2 N–H and O–H groups in total. The summed E-state index contributed by atoms with van der Waals surface area (Å²) in [5, 5.41) is 11.9. The second kappa shape index (κ2) is 8.22. The fourth-order valence-corrected chi connectivity index (χ4v) is 1.46. The summed E-state index contributed by atoms with van der Waals surface area (Å²) in [6, 6.07) is -0.377. The number of hydrogen-bond acceptors (Lipinski definition) is 3. The Balaban J connectivity index is 4.37. The quantitative estimate of drug-likeness (QED) is 0.731. The molecule has 0 fully saturated rings. The summed E-state index contributed by atoms with van der Waals surface area (Å²) >= 11 is 1.66. The van der Waals surface area contributed by atoms with Crippen LogP contribution in [0.25, 0.3) is 0 Å². The molecule has 0 aliphatic carbocycles. The lowest BCUT2D eigenvalue weighted by Crippen LogP contribution is -2.48. The molecule has 0 heterocycles. The van der Waals surface area contributed by atoms with E-state index in [9.17, 15) is 9.59 Å². The SMILES string of the molecule is CCC(C)N(CC(=O)O)C(=O)NCC(C)SC. The minimum absolute atomic E-state index is 0.0734. The number of carbonyl (C=O) groups is 2. The maximum absolute atomic E-state index is 11.8. The summed E-state index contributed by atoms with van der Waals surface area (Å²) < 4.78 is 0. The molecule has 0 aromatic rings. The monoisotopic (exact) mass is 262 g/mol. The average Bonchev–Trinajstić information content (AvgIpc) is 2.31. The average molecular weight is 262 g/mol. The molecule has 2 amide bonds. The van der Waals surface area contributed by atoms with Gasteiger partial charge >= 0.3 is 12.0 Å². The molecule has 0 aromatic heterocycles. The molecule has 0 saturated heterocycles. The van der Waals surface area contributed by atoms with Crippen LogP contribution in [0.2, 0.25) is 0 Å². The van der Waals surface area contributed by atoms with Crippen LogP contribution in [0, 0.1) is 0 Å². The number of urea groups is 1. The largest absolute Gasteiger partial charge is 0.480 e. The molecule has 17 heavy (non-hydrogen) atoms. The van der Waals surface area contributed by atoms with Gasteiger partial charge in [-0.15, -0.1) is 0 Å². The molecule has 0 saturated carbocycles. The number of hydrogen-bond donors (Lipinski definition) is 2. The van der Waals surface area contributed by atoms with Crippen molar-refractivity contribution in [2.24, 2.45) is 0 Å². The molecule has 0 aromatic carbocycles. The van der Waals surface area contributed by atoms with Crippen LogP contribution in [0.15, 0.2) is 0 Å². The normalized spacial score (nSPS) is 13.9. The lowest BCUT2D eigenvalue weighted by Gasteiger charge is -2.27. The van der Waals surface area contributed by atoms with Gasteiger partial charge in [-0.05, 0) is 19.6 Å². The van der Waals surface area contributed by atoms with Crippen LogP contribution in [0.1, 0.15) is 27.2 Å². The van der Waals surface area contributed by atoms with Crippen molar-refractivity contribution in [1.82, 2.24) is 10.2 Å². The van der Waals surface area contributed by atoms with Gasteiger partial charge in [-0.2, -0.15) is 11.8 Å². The predicted molar refractivity (Wildman–Crippen MR) is 70.5 cm³/mol. The number of amides is 2. The summed E-state index contributed by atoms with van der Waals surface area (Å²) in [6.07, 6.45) is 2.71. The lowest BCUT2D eigenvalue weighted by atomic mass is 10.2. The van der Waals surface area contributed by atoms with Crippen molar-refractivity contribution >= 4 is 23.8 Å². The van der Waals surface area contributed by atoms with E-state index in [0.717, 1.165) is 6.42 Å². The van der Waals surface area contributed by atoms with Crippen LogP contribution in [-0.4, -0.2) is 52.6 Å². The maximum Gasteiger partial charge on any atom is 0.323 e. The van der Waals surface area contributed by atoms with Crippen LogP contribution in [0.3, 0.4) is 0 Å². The first-order valence-electron chi connectivity index (χ1n) is 5.71. The van der Waals surface area contributed by atoms with E-state index in [4.69, 9.17) is 5.11 Å². The van der Waals surface area contributed by atoms with Crippen molar-refractivity contribution < 1.29 is 14.7 Å². The standard InChI is InChI=1S/C11H22N2O3S/c1-5-8(2)13(7-10(14)15)11(16)12-6-9(3)17-4/h8-9H,5-7H2,1-4H3,(H,12,16)(H,14,15). The van der Waals surface area contributed by atoms with Gasteiger partial charge in [-0.1, -0.05) is 13.8 Å². The van der Waals surface area contributed by atoms with Crippen molar-refractivity contribution in [1.29, 1.82) is 0 Å². The van der Waals surface area contributed by atoms with E-state index in [-0.39, 0.29) is 18.6 Å². The van der Waals surface area contributed by atoms with Gasteiger partial charge in [0, 0.05) is 17.8 Å². The highest BCUT2D eigenvalue weighted by Gasteiger charge is 2.21. The molecule has 0 bridgehead atoms. The number of thioether (sulfide) groups is 1. The van der Waals surface area contributed by atoms with E-state index in [1.54, 1.807) is 11.8 Å². The molecule has 100 valence electrons. The van der Waals surface area contributed by atoms with E-state index >= 15 is 0 Å². The van der Waals surface area contributed by atoms with Crippen molar-refractivity contribution in [2.75, 3.05) is 19.3 Å². The third-order valence-electron chi connectivity index (χ3n) is 2.63. The van der Waals surface area contributed by atoms with Crippen LogP contribution >= 0.6 is 11.8 Å². The third kappa shape index (κ3) is 6.41. The number of carboxylic acid groups (broad SMARTS) is 1. The van der Waals surface area contributed by atoms with Crippen molar-refractivity contribution in [3.63, 3.8) is 0 Å². The number of aliphatic carboxylic acids is 1.